The van der Waals surface area contributed by atoms with Gasteiger partial charge < -0.3 is 10.1 Å². The minimum absolute atomic E-state index is 0.0197. The summed E-state index contributed by atoms with van der Waals surface area (Å²) >= 11 is 0. The minimum Gasteiger partial charge on any atom is -0.486 e. The Hall–Kier alpha value is -1.16. The number of halogens is 2. The Morgan fingerprint density at radius 3 is 2.75 bits per heavy atom. The SMILES string of the molecule is CCCC(CNC)Oc1cccc(F)c1F. The Labute approximate surface area is 94.6 Å². The molecule has 0 spiro atoms. The average molecular weight is 229 g/mol. The van der Waals surface area contributed by atoms with Crippen molar-refractivity contribution < 1.29 is 13.5 Å². The molecule has 4 heteroatoms. The second kappa shape index (κ2) is 6.43. The van der Waals surface area contributed by atoms with Gasteiger partial charge in [-0.15, -0.1) is 0 Å². The predicted molar refractivity (Wildman–Crippen MR) is 59.6 cm³/mol. The molecule has 16 heavy (non-hydrogen) atoms. The molecule has 0 aliphatic carbocycles. The van der Waals surface area contributed by atoms with E-state index in [-0.39, 0.29) is 11.9 Å². The lowest BCUT2D eigenvalue weighted by Gasteiger charge is -2.18. The first-order valence-corrected chi connectivity index (χ1v) is 5.44. The fraction of sp³-hybridized carbons (Fsp3) is 0.500. The normalized spacial score (nSPS) is 12.5. The Morgan fingerprint density at radius 1 is 1.38 bits per heavy atom. The van der Waals surface area contributed by atoms with Crippen molar-refractivity contribution in [2.45, 2.75) is 25.9 Å². The van der Waals surface area contributed by atoms with E-state index in [1.165, 1.54) is 12.1 Å². The number of hydrogen-bond donors (Lipinski definition) is 1. The maximum Gasteiger partial charge on any atom is 0.200 e. The van der Waals surface area contributed by atoms with Crippen molar-refractivity contribution in [3.8, 4) is 5.75 Å². The van der Waals surface area contributed by atoms with Gasteiger partial charge in [0.1, 0.15) is 6.10 Å². The monoisotopic (exact) mass is 229 g/mol. The third-order valence-corrected chi connectivity index (χ3v) is 2.25. The molecule has 90 valence electrons. The van der Waals surface area contributed by atoms with E-state index in [0.717, 1.165) is 18.9 Å². The van der Waals surface area contributed by atoms with E-state index >= 15 is 0 Å². The zero-order valence-electron chi connectivity index (χ0n) is 9.59. The van der Waals surface area contributed by atoms with Crippen molar-refractivity contribution in [3.63, 3.8) is 0 Å². The number of likely N-dealkylation sites (N-methyl/N-ethyl adjacent to an activating group) is 1. The molecule has 0 aliphatic heterocycles. The van der Waals surface area contributed by atoms with Crippen molar-refractivity contribution in [3.05, 3.63) is 29.8 Å². The summed E-state index contributed by atoms with van der Waals surface area (Å²) in [7, 11) is 1.80. The van der Waals surface area contributed by atoms with E-state index < -0.39 is 11.6 Å². The zero-order valence-corrected chi connectivity index (χ0v) is 9.59. The first-order valence-electron chi connectivity index (χ1n) is 5.44. The first kappa shape index (κ1) is 12.9. The van der Waals surface area contributed by atoms with Gasteiger partial charge in [-0.1, -0.05) is 19.4 Å². The predicted octanol–water partition coefficient (Wildman–Crippen LogP) is 2.73. The second-order valence-electron chi connectivity index (χ2n) is 3.64. The van der Waals surface area contributed by atoms with Crippen LogP contribution in [0, 0.1) is 11.6 Å². The van der Waals surface area contributed by atoms with Crippen molar-refractivity contribution in [2.24, 2.45) is 0 Å². The lowest BCUT2D eigenvalue weighted by Crippen LogP contribution is -2.29. The van der Waals surface area contributed by atoms with Crippen LogP contribution in [-0.4, -0.2) is 19.7 Å². The quantitative estimate of drug-likeness (QED) is 0.809. The smallest absolute Gasteiger partial charge is 0.200 e. The molecule has 1 rings (SSSR count). The van der Waals surface area contributed by atoms with Crippen molar-refractivity contribution >= 4 is 0 Å². The highest BCUT2D eigenvalue weighted by Crippen LogP contribution is 2.21. The molecule has 0 aromatic heterocycles. The molecule has 0 bridgehead atoms. The van der Waals surface area contributed by atoms with Gasteiger partial charge in [0.05, 0.1) is 0 Å². The first-order chi connectivity index (χ1) is 7.69. The third kappa shape index (κ3) is 3.45. The molecular formula is C12H17F2NO. The zero-order chi connectivity index (χ0) is 12.0. The molecule has 1 aromatic carbocycles. The van der Waals surface area contributed by atoms with Crippen LogP contribution in [0.25, 0.3) is 0 Å². The van der Waals surface area contributed by atoms with Gasteiger partial charge in [0.2, 0.25) is 5.82 Å². The van der Waals surface area contributed by atoms with Crippen LogP contribution in [0.2, 0.25) is 0 Å². The fourth-order valence-corrected chi connectivity index (χ4v) is 1.51. The third-order valence-electron chi connectivity index (χ3n) is 2.25. The van der Waals surface area contributed by atoms with Gasteiger partial charge in [-0.05, 0) is 25.6 Å². The van der Waals surface area contributed by atoms with E-state index in [1.807, 2.05) is 6.92 Å². The minimum atomic E-state index is -0.917. The molecule has 0 amide bonds. The molecule has 0 saturated carbocycles. The van der Waals surface area contributed by atoms with E-state index in [9.17, 15) is 8.78 Å². The summed E-state index contributed by atoms with van der Waals surface area (Å²) in [6.45, 7) is 2.64. The van der Waals surface area contributed by atoms with Gasteiger partial charge in [-0.3, -0.25) is 0 Å². The maximum absolute atomic E-state index is 13.3. The molecule has 0 saturated heterocycles. The highest BCUT2D eigenvalue weighted by molar-refractivity contribution is 5.25. The summed E-state index contributed by atoms with van der Waals surface area (Å²) in [5, 5.41) is 2.97. The Balaban J connectivity index is 2.72. The van der Waals surface area contributed by atoms with Gasteiger partial charge in [-0.25, -0.2) is 4.39 Å². The van der Waals surface area contributed by atoms with Crippen LogP contribution in [-0.2, 0) is 0 Å². The molecule has 0 heterocycles. The standard InChI is InChI=1S/C12H17F2NO/c1-3-5-9(8-15-2)16-11-7-4-6-10(13)12(11)14/h4,6-7,9,15H,3,5,8H2,1-2H3. The molecule has 0 fully saturated rings. The van der Waals surface area contributed by atoms with Gasteiger partial charge in [0.25, 0.3) is 0 Å². The molecule has 1 aromatic rings. The van der Waals surface area contributed by atoms with Gasteiger partial charge in [-0.2, -0.15) is 4.39 Å². The van der Waals surface area contributed by atoms with Crippen LogP contribution in [0.15, 0.2) is 18.2 Å². The van der Waals surface area contributed by atoms with Crippen LogP contribution in [0.3, 0.4) is 0 Å². The number of hydrogen-bond acceptors (Lipinski definition) is 2. The van der Waals surface area contributed by atoms with E-state index in [2.05, 4.69) is 5.32 Å². The molecule has 0 radical (unpaired) electrons. The van der Waals surface area contributed by atoms with Gasteiger partial charge in [0.15, 0.2) is 11.6 Å². The highest BCUT2D eigenvalue weighted by atomic mass is 19.2. The van der Waals surface area contributed by atoms with E-state index in [4.69, 9.17) is 4.74 Å². The molecule has 1 atom stereocenters. The van der Waals surface area contributed by atoms with Crippen LogP contribution in [0.1, 0.15) is 19.8 Å². The summed E-state index contributed by atoms with van der Waals surface area (Å²) in [5.74, 6) is -1.81. The lowest BCUT2D eigenvalue weighted by atomic mass is 10.2. The lowest BCUT2D eigenvalue weighted by molar-refractivity contribution is 0.179. The van der Waals surface area contributed by atoms with E-state index in [0.29, 0.717) is 6.54 Å². The molecule has 2 nitrogen and oxygen atoms in total. The largest absolute Gasteiger partial charge is 0.486 e. The molecular weight excluding hydrogens is 212 g/mol. The van der Waals surface area contributed by atoms with Crippen LogP contribution in [0.5, 0.6) is 5.75 Å². The van der Waals surface area contributed by atoms with Gasteiger partial charge >= 0.3 is 0 Å². The highest BCUT2D eigenvalue weighted by Gasteiger charge is 2.14. The summed E-state index contributed by atoms with van der Waals surface area (Å²) in [6, 6.07) is 3.96. The van der Waals surface area contributed by atoms with Crippen LogP contribution in [0.4, 0.5) is 8.78 Å². The molecule has 0 aliphatic rings. The van der Waals surface area contributed by atoms with Gasteiger partial charge in [0, 0.05) is 6.54 Å². The number of benzene rings is 1. The van der Waals surface area contributed by atoms with E-state index in [1.54, 1.807) is 7.05 Å². The summed E-state index contributed by atoms with van der Waals surface area (Å²) in [4.78, 5) is 0. The molecule has 1 unspecified atom stereocenters. The topological polar surface area (TPSA) is 21.3 Å². The van der Waals surface area contributed by atoms with Crippen LogP contribution < -0.4 is 10.1 Å². The second-order valence-corrected chi connectivity index (χ2v) is 3.64. The summed E-state index contributed by atoms with van der Waals surface area (Å²) in [6.07, 6.45) is 1.60. The Kier molecular flexibility index (Phi) is 5.19. The Morgan fingerprint density at radius 2 is 2.12 bits per heavy atom. The number of rotatable bonds is 6. The average Bonchev–Trinajstić information content (AvgIpc) is 2.25. The van der Waals surface area contributed by atoms with Crippen molar-refractivity contribution in [1.82, 2.24) is 5.32 Å². The fourth-order valence-electron chi connectivity index (χ4n) is 1.51. The Bertz CT molecular complexity index is 325. The summed E-state index contributed by atoms with van der Waals surface area (Å²) < 4.78 is 31.7. The number of nitrogens with one attached hydrogen (secondary N) is 1. The van der Waals surface area contributed by atoms with Crippen molar-refractivity contribution in [2.75, 3.05) is 13.6 Å². The molecule has 1 N–H and O–H groups in total. The maximum atomic E-state index is 13.3. The van der Waals surface area contributed by atoms with Crippen LogP contribution >= 0.6 is 0 Å². The number of ether oxygens (including phenoxy) is 1. The summed E-state index contributed by atoms with van der Waals surface area (Å²) in [5.41, 5.74) is 0. The van der Waals surface area contributed by atoms with Crippen molar-refractivity contribution in [1.29, 1.82) is 0 Å².